The van der Waals surface area contributed by atoms with Crippen molar-refractivity contribution in [3.8, 4) is 10.8 Å². The Labute approximate surface area is 224 Å². The Morgan fingerprint density at radius 2 is 1.78 bits per heavy atom. The zero-order valence-electron chi connectivity index (χ0n) is 21.0. The van der Waals surface area contributed by atoms with E-state index in [4.69, 9.17) is 18.9 Å². The number of nitrogens with zero attached hydrogens (tertiary/aromatic N) is 1. The van der Waals surface area contributed by atoms with Crippen molar-refractivity contribution in [3.63, 3.8) is 0 Å². The number of carbonyl (C=O) groups is 3. The lowest BCUT2D eigenvalue weighted by Gasteiger charge is -2.36. The third-order valence-electron chi connectivity index (χ3n) is 6.32. The molecule has 1 aliphatic carbocycles. The molecular weight excluding hydrogens is 550 g/mol. The first-order valence-electron chi connectivity index (χ1n) is 11.8. The van der Waals surface area contributed by atoms with Gasteiger partial charge in [-0.3, -0.25) is 9.59 Å². The summed E-state index contributed by atoms with van der Waals surface area (Å²) in [6.45, 7) is 2.67. The molecule has 0 spiro atoms. The third-order valence-corrected chi connectivity index (χ3v) is 8.11. The van der Waals surface area contributed by atoms with Gasteiger partial charge in [-0.1, -0.05) is 18.3 Å². The molecule has 1 saturated carbocycles. The molecule has 0 N–H and O–H groups in total. The Morgan fingerprint density at radius 3 is 2.33 bits per heavy atom. The molecule has 1 amide bonds. The SMILES string of the molecule is COCC(COC)N(c1ccc(Oc2sc(C=O)cc2Br)cc1C(=O)OC)C(=O)[C@H]1CC[C@H](C)CC1. The van der Waals surface area contributed by atoms with Crippen LogP contribution in [0.5, 0.6) is 10.8 Å². The zero-order chi connectivity index (χ0) is 26.2. The van der Waals surface area contributed by atoms with Gasteiger partial charge in [-0.15, -0.1) is 0 Å². The first kappa shape index (κ1) is 28.3. The predicted molar refractivity (Wildman–Crippen MR) is 141 cm³/mol. The molecule has 3 rings (SSSR count). The van der Waals surface area contributed by atoms with Gasteiger partial charge < -0.3 is 23.8 Å². The van der Waals surface area contributed by atoms with Crippen LogP contribution >= 0.6 is 27.3 Å². The summed E-state index contributed by atoms with van der Waals surface area (Å²) in [5, 5.41) is 0.474. The lowest BCUT2D eigenvalue weighted by Crippen LogP contribution is -2.49. The first-order chi connectivity index (χ1) is 17.3. The summed E-state index contributed by atoms with van der Waals surface area (Å²) in [6.07, 6.45) is 4.30. The van der Waals surface area contributed by atoms with E-state index < -0.39 is 12.0 Å². The topological polar surface area (TPSA) is 91.4 Å². The highest BCUT2D eigenvalue weighted by Gasteiger charge is 2.35. The summed E-state index contributed by atoms with van der Waals surface area (Å²) >= 11 is 4.57. The summed E-state index contributed by atoms with van der Waals surface area (Å²) in [5.41, 5.74) is 0.601. The lowest BCUT2D eigenvalue weighted by atomic mass is 9.82. The van der Waals surface area contributed by atoms with Crippen molar-refractivity contribution in [1.82, 2.24) is 0 Å². The third kappa shape index (κ3) is 6.73. The van der Waals surface area contributed by atoms with Crippen molar-refractivity contribution in [3.05, 3.63) is 39.2 Å². The number of amides is 1. The summed E-state index contributed by atoms with van der Waals surface area (Å²) in [6, 6.07) is 6.14. The standard InChI is InChI=1S/C26H32BrNO7S/c1-16-5-7-17(8-6-16)24(30)28(18(14-32-2)15-33-3)23-10-9-19(11-21(23)25(31)34-4)35-26-22(27)12-20(13-29)36-26/h9-13,16-18H,5-8,14-15H2,1-4H3/t16-,17-. The number of aldehydes is 1. The van der Waals surface area contributed by atoms with Crippen LogP contribution in [-0.4, -0.2) is 58.7 Å². The van der Waals surface area contributed by atoms with Gasteiger partial charge in [0.1, 0.15) is 5.75 Å². The van der Waals surface area contributed by atoms with Crippen molar-refractivity contribution in [1.29, 1.82) is 0 Å². The summed E-state index contributed by atoms with van der Waals surface area (Å²) in [5.74, 6) is 0.153. The highest BCUT2D eigenvalue weighted by atomic mass is 79.9. The van der Waals surface area contributed by atoms with Crippen molar-refractivity contribution < 1.29 is 33.3 Å². The van der Waals surface area contributed by atoms with E-state index in [1.165, 1.54) is 18.4 Å². The fourth-order valence-electron chi connectivity index (χ4n) is 4.45. The maximum atomic E-state index is 13.9. The molecule has 0 unspecified atom stereocenters. The van der Waals surface area contributed by atoms with E-state index in [2.05, 4.69) is 22.9 Å². The number of hydrogen-bond donors (Lipinski definition) is 0. The Bertz CT molecular complexity index is 1060. The molecule has 0 atom stereocenters. The highest BCUT2D eigenvalue weighted by Crippen LogP contribution is 2.39. The minimum Gasteiger partial charge on any atom is -0.465 e. The second-order valence-electron chi connectivity index (χ2n) is 8.90. The van der Waals surface area contributed by atoms with Crippen molar-refractivity contribution in [2.45, 2.75) is 38.6 Å². The first-order valence-corrected chi connectivity index (χ1v) is 13.4. The van der Waals surface area contributed by atoms with Crippen molar-refractivity contribution in [2.24, 2.45) is 11.8 Å². The fourth-order valence-corrected chi connectivity index (χ4v) is 5.90. The minimum absolute atomic E-state index is 0.0588. The molecule has 1 fully saturated rings. The van der Waals surface area contributed by atoms with Gasteiger partial charge in [-0.05, 0) is 71.8 Å². The average molecular weight is 583 g/mol. The Kier molecular flexibility index (Phi) is 10.5. The molecule has 10 heteroatoms. The molecule has 0 saturated heterocycles. The van der Waals surface area contributed by atoms with Gasteiger partial charge in [0.05, 0.1) is 47.0 Å². The van der Waals surface area contributed by atoms with Gasteiger partial charge in [0, 0.05) is 20.1 Å². The average Bonchev–Trinajstić information content (AvgIpc) is 3.24. The van der Waals surface area contributed by atoms with Crippen molar-refractivity contribution >= 4 is 51.1 Å². The molecule has 1 aliphatic rings. The Morgan fingerprint density at radius 1 is 1.11 bits per heavy atom. The normalized spacial score (nSPS) is 17.6. The maximum Gasteiger partial charge on any atom is 0.340 e. The second kappa shape index (κ2) is 13.3. The molecule has 8 nitrogen and oxygen atoms in total. The zero-order valence-corrected chi connectivity index (χ0v) is 23.4. The molecule has 2 aromatic rings. The molecule has 0 radical (unpaired) electrons. The number of halogens is 1. The molecule has 1 aromatic carbocycles. The predicted octanol–water partition coefficient (Wildman–Crippen LogP) is 5.72. The van der Waals surface area contributed by atoms with Gasteiger partial charge in [-0.25, -0.2) is 4.79 Å². The number of methoxy groups -OCH3 is 3. The van der Waals surface area contributed by atoms with E-state index >= 15 is 0 Å². The summed E-state index contributed by atoms with van der Waals surface area (Å²) < 4.78 is 22.5. The largest absolute Gasteiger partial charge is 0.465 e. The monoisotopic (exact) mass is 581 g/mol. The van der Waals surface area contributed by atoms with Crippen LogP contribution in [0.25, 0.3) is 0 Å². The van der Waals surface area contributed by atoms with Gasteiger partial charge in [-0.2, -0.15) is 0 Å². The van der Waals surface area contributed by atoms with E-state index in [1.807, 2.05) is 0 Å². The van der Waals surface area contributed by atoms with Crippen LogP contribution in [0.2, 0.25) is 0 Å². The van der Waals surface area contributed by atoms with Crippen LogP contribution in [0.1, 0.15) is 52.6 Å². The van der Waals surface area contributed by atoms with E-state index in [1.54, 1.807) is 43.4 Å². The highest BCUT2D eigenvalue weighted by molar-refractivity contribution is 9.10. The summed E-state index contributed by atoms with van der Waals surface area (Å²) in [7, 11) is 4.43. The molecular formula is C26H32BrNO7S. The van der Waals surface area contributed by atoms with Crippen LogP contribution in [0.15, 0.2) is 28.7 Å². The Hall–Kier alpha value is -2.27. The maximum absolute atomic E-state index is 13.9. The van der Waals surface area contributed by atoms with Gasteiger partial charge in [0.15, 0.2) is 11.3 Å². The van der Waals surface area contributed by atoms with Gasteiger partial charge in [0.2, 0.25) is 5.91 Å². The molecule has 196 valence electrons. The van der Waals surface area contributed by atoms with Gasteiger partial charge >= 0.3 is 5.97 Å². The number of esters is 1. The second-order valence-corrected chi connectivity index (χ2v) is 10.8. The molecule has 1 heterocycles. The van der Waals surface area contributed by atoms with E-state index in [0.29, 0.717) is 31.8 Å². The van der Waals surface area contributed by atoms with E-state index in [9.17, 15) is 14.4 Å². The van der Waals surface area contributed by atoms with Crippen LogP contribution < -0.4 is 9.64 Å². The number of benzene rings is 1. The van der Waals surface area contributed by atoms with Crippen LogP contribution in [-0.2, 0) is 19.0 Å². The van der Waals surface area contributed by atoms with E-state index in [-0.39, 0.29) is 30.6 Å². The van der Waals surface area contributed by atoms with E-state index in [0.717, 1.165) is 32.0 Å². The van der Waals surface area contributed by atoms with Gasteiger partial charge in [0.25, 0.3) is 0 Å². The molecule has 0 aliphatic heterocycles. The minimum atomic E-state index is -0.599. The number of ether oxygens (including phenoxy) is 4. The molecule has 36 heavy (non-hydrogen) atoms. The quantitative estimate of drug-likeness (QED) is 0.247. The van der Waals surface area contributed by atoms with Crippen LogP contribution in [0, 0.1) is 11.8 Å². The number of anilines is 1. The smallest absolute Gasteiger partial charge is 0.340 e. The van der Waals surface area contributed by atoms with Crippen molar-refractivity contribution in [2.75, 3.05) is 39.4 Å². The van der Waals surface area contributed by atoms with Crippen LogP contribution in [0.4, 0.5) is 5.69 Å². The number of carbonyl (C=O) groups excluding carboxylic acids is 3. The number of thiophene rings is 1. The Balaban J connectivity index is 2.04. The van der Waals surface area contributed by atoms with Crippen LogP contribution in [0.3, 0.4) is 0 Å². The summed E-state index contributed by atoms with van der Waals surface area (Å²) in [4.78, 5) is 40.1. The number of hydrogen-bond acceptors (Lipinski definition) is 8. The molecule has 1 aromatic heterocycles. The number of rotatable bonds is 11. The fraction of sp³-hybridized carbons (Fsp3) is 0.500. The molecule has 0 bridgehead atoms. The lowest BCUT2D eigenvalue weighted by molar-refractivity contribution is -0.124.